The Balaban J connectivity index is 1.56. The largest absolute Gasteiger partial charge is 0.383 e. The standard InChI is InChI=1S/C20H28N4O4/c1-27-10-9-24-17-5-3-2-4-16(17)21-20(24)23-8-11-28-18-12-14(19(25)22-26)6-7-15(18)13-23/h2-5,14-15,18,26H,6-13H2,1H3,(H,22,25). The van der Waals surface area contributed by atoms with E-state index >= 15 is 0 Å². The molecule has 2 aromatic rings. The number of para-hydroxylation sites is 2. The molecule has 1 aliphatic heterocycles. The molecular weight excluding hydrogens is 360 g/mol. The predicted octanol–water partition coefficient (Wildman–Crippen LogP) is 1.81. The van der Waals surface area contributed by atoms with E-state index in [1.807, 2.05) is 18.2 Å². The Morgan fingerprint density at radius 1 is 1.39 bits per heavy atom. The van der Waals surface area contributed by atoms with Crippen LogP contribution in [0.2, 0.25) is 0 Å². The number of rotatable bonds is 5. The first-order chi connectivity index (χ1) is 13.7. The number of carbonyl (C=O) groups excluding carboxylic acids is 1. The topological polar surface area (TPSA) is 88.9 Å². The van der Waals surface area contributed by atoms with E-state index in [9.17, 15) is 4.79 Å². The Morgan fingerprint density at radius 3 is 3.07 bits per heavy atom. The molecule has 1 aromatic carbocycles. The van der Waals surface area contributed by atoms with Gasteiger partial charge in [-0.2, -0.15) is 0 Å². The highest BCUT2D eigenvalue weighted by Gasteiger charge is 2.37. The highest BCUT2D eigenvalue weighted by Crippen LogP contribution is 2.35. The molecule has 1 saturated carbocycles. The first-order valence-corrected chi connectivity index (χ1v) is 9.96. The number of amides is 1. The zero-order valence-electron chi connectivity index (χ0n) is 16.2. The minimum Gasteiger partial charge on any atom is -0.383 e. The van der Waals surface area contributed by atoms with E-state index in [1.54, 1.807) is 12.6 Å². The fraction of sp³-hybridized carbons (Fsp3) is 0.600. The number of nitrogens with zero attached hydrogens (tertiary/aromatic N) is 3. The SMILES string of the molecule is COCCn1c(N2CCOC3CC(C(=O)NO)CCC3C2)nc2ccccc21. The summed E-state index contributed by atoms with van der Waals surface area (Å²) >= 11 is 0. The smallest absolute Gasteiger partial charge is 0.246 e. The number of imidazole rings is 1. The normalized spacial score (nSPS) is 25.4. The van der Waals surface area contributed by atoms with Crippen LogP contribution in [0.4, 0.5) is 5.95 Å². The van der Waals surface area contributed by atoms with Gasteiger partial charge < -0.3 is 18.9 Å². The Hall–Kier alpha value is -2.16. The van der Waals surface area contributed by atoms with Gasteiger partial charge in [-0.3, -0.25) is 10.0 Å². The molecule has 2 N–H and O–H groups in total. The Labute approximate surface area is 164 Å². The van der Waals surface area contributed by atoms with Crippen molar-refractivity contribution >= 4 is 22.9 Å². The maximum absolute atomic E-state index is 11.8. The Kier molecular flexibility index (Phi) is 5.79. The van der Waals surface area contributed by atoms with Crippen molar-refractivity contribution in [2.24, 2.45) is 11.8 Å². The van der Waals surface area contributed by atoms with Gasteiger partial charge in [-0.25, -0.2) is 10.5 Å². The quantitative estimate of drug-likeness (QED) is 0.600. The summed E-state index contributed by atoms with van der Waals surface area (Å²) in [6.07, 6.45) is 2.37. The van der Waals surface area contributed by atoms with Crippen molar-refractivity contribution in [2.45, 2.75) is 31.9 Å². The van der Waals surface area contributed by atoms with Gasteiger partial charge in [0, 0.05) is 38.6 Å². The van der Waals surface area contributed by atoms with Gasteiger partial charge in [0.15, 0.2) is 0 Å². The van der Waals surface area contributed by atoms with Crippen LogP contribution in [0.25, 0.3) is 11.0 Å². The van der Waals surface area contributed by atoms with Crippen LogP contribution in [-0.4, -0.2) is 60.2 Å². The lowest BCUT2D eigenvalue weighted by atomic mass is 9.79. The van der Waals surface area contributed by atoms with Crippen molar-refractivity contribution in [2.75, 3.05) is 38.3 Å². The number of hydrogen-bond acceptors (Lipinski definition) is 6. The van der Waals surface area contributed by atoms with Gasteiger partial charge in [0.25, 0.3) is 0 Å². The van der Waals surface area contributed by atoms with Crippen LogP contribution in [0, 0.1) is 11.8 Å². The molecule has 4 rings (SSSR count). The molecular formula is C20H28N4O4. The molecule has 8 heteroatoms. The zero-order chi connectivity index (χ0) is 19.5. The predicted molar refractivity (Wildman–Crippen MR) is 104 cm³/mol. The molecule has 152 valence electrons. The van der Waals surface area contributed by atoms with Crippen LogP contribution in [0.5, 0.6) is 0 Å². The molecule has 28 heavy (non-hydrogen) atoms. The second-order valence-corrected chi connectivity index (χ2v) is 7.65. The number of hydrogen-bond donors (Lipinski definition) is 2. The number of fused-ring (bicyclic) bond motifs is 2. The molecule has 1 aliphatic carbocycles. The summed E-state index contributed by atoms with van der Waals surface area (Å²) in [6.45, 7) is 3.59. The van der Waals surface area contributed by atoms with Crippen LogP contribution in [0.3, 0.4) is 0 Å². The van der Waals surface area contributed by atoms with Gasteiger partial charge in [0.05, 0.1) is 30.4 Å². The molecule has 2 aliphatic rings. The van der Waals surface area contributed by atoms with E-state index in [2.05, 4.69) is 15.5 Å². The van der Waals surface area contributed by atoms with Crippen molar-refractivity contribution < 1.29 is 19.5 Å². The third-order valence-corrected chi connectivity index (χ3v) is 5.99. The Morgan fingerprint density at radius 2 is 2.25 bits per heavy atom. The third kappa shape index (κ3) is 3.72. The average Bonchev–Trinajstić information content (AvgIpc) is 2.96. The lowest BCUT2D eigenvalue weighted by Gasteiger charge is -2.34. The van der Waals surface area contributed by atoms with Crippen LogP contribution in [0.1, 0.15) is 19.3 Å². The molecule has 0 radical (unpaired) electrons. The van der Waals surface area contributed by atoms with Crippen LogP contribution < -0.4 is 10.4 Å². The van der Waals surface area contributed by atoms with Crippen molar-refractivity contribution in [1.82, 2.24) is 15.0 Å². The number of methoxy groups -OCH3 is 1. The van der Waals surface area contributed by atoms with E-state index in [4.69, 9.17) is 19.7 Å². The van der Waals surface area contributed by atoms with Crippen molar-refractivity contribution in [3.63, 3.8) is 0 Å². The molecule has 2 fully saturated rings. The minimum absolute atomic E-state index is 0.0397. The summed E-state index contributed by atoms with van der Waals surface area (Å²) in [5, 5.41) is 8.93. The third-order valence-electron chi connectivity index (χ3n) is 5.99. The summed E-state index contributed by atoms with van der Waals surface area (Å²) in [6, 6.07) is 8.18. The molecule has 1 saturated heterocycles. The molecule has 0 spiro atoms. The van der Waals surface area contributed by atoms with E-state index < -0.39 is 0 Å². The molecule has 1 amide bonds. The maximum atomic E-state index is 11.8. The zero-order valence-corrected chi connectivity index (χ0v) is 16.2. The number of hydroxylamine groups is 1. The first kappa shape index (κ1) is 19.2. The molecule has 2 heterocycles. The molecule has 8 nitrogen and oxygen atoms in total. The van der Waals surface area contributed by atoms with E-state index in [0.717, 1.165) is 49.5 Å². The van der Waals surface area contributed by atoms with Gasteiger partial charge in [-0.05, 0) is 31.4 Å². The summed E-state index contributed by atoms with van der Waals surface area (Å²) in [5.74, 6) is 0.826. The summed E-state index contributed by atoms with van der Waals surface area (Å²) < 4.78 is 13.7. The van der Waals surface area contributed by atoms with Gasteiger partial charge >= 0.3 is 0 Å². The maximum Gasteiger partial charge on any atom is 0.246 e. The monoisotopic (exact) mass is 388 g/mol. The molecule has 3 atom stereocenters. The summed E-state index contributed by atoms with van der Waals surface area (Å²) in [4.78, 5) is 19.0. The number of aromatic nitrogens is 2. The van der Waals surface area contributed by atoms with Gasteiger partial charge in [-0.1, -0.05) is 12.1 Å². The Bertz CT molecular complexity index is 824. The second kappa shape index (κ2) is 8.46. The summed E-state index contributed by atoms with van der Waals surface area (Å²) in [7, 11) is 1.71. The van der Waals surface area contributed by atoms with Crippen LogP contribution >= 0.6 is 0 Å². The number of benzene rings is 1. The first-order valence-electron chi connectivity index (χ1n) is 9.96. The van der Waals surface area contributed by atoms with Gasteiger partial charge in [0.2, 0.25) is 11.9 Å². The van der Waals surface area contributed by atoms with Gasteiger partial charge in [0.1, 0.15) is 0 Å². The molecule has 1 aromatic heterocycles. The lowest BCUT2D eigenvalue weighted by Crippen LogP contribution is -2.41. The minimum atomic E-state index is -0.301. The fourth-order valence-corrected chi connectivity index (χ4v) is 4.51. The van der Waals surface area contributed by atoms with Gasteiger partial charge in [-0.15, -0.1) is 0 Å². The summed E-state index contributed by atoms with van der Waals surface area (Å²) in [5.41, 5.74) is 3.89. The van der Waals surface area contributed by atoms with Crippen molar-refractivity contribution in [3.05, 3.63) is 24.3 Å². The number of anilines is 1. The highest BCUT2D eigenvalue weighted by molar-refractivity contribution is 5.79. The number of nitrogens with one attached hydrogen (secondary N) is 1. The average molecular weight is 388 g/mol. The number of ether oxygens (including phenoxy) is 2. The van der Waals surface area contributed by atoms with E-state index in [1.165, 1.54) is 0 Å². The van der Waals surface area contributed by atoms with Crippen molar-refractivity contribution in [3.8, 4) is 0 Å². The second-order valence-electron chi connectivity index (χ2n) is 7.65. The lowest BCUT2D eigenvalue weighted by molar-refractivity contribution is -0.137. The number of carbonyl (C=O) groups is 1. The van der Waals surface area contributed by atoms with Crippen LogP contribution in [-0.2, 0) is 20.8 Å². The van der Waals surface area contributed by atoms with Crippen molar-refractivity contribution in [1.29, 1.82) is 0 Å². The van der Waals surface area contributed by atoms with Crippen LogP contribution in [0.15, 0.2) is 24.3 Å². The van der Waals surface area contributed by atoms with E-state index in [-0.39, 0.29) is 17.9 Å². The molecule has 0 bridgehead atoms. The molecule has 3 unspecified atom stereocenters. The highest BCUT2D eigenvalue weighted by atomic mass is 16.5. The van der Waals surface area contributed by atoms with E-state index in [0.29, 0.717) is 25.6 Å². The fourth-order valence-electron chi connectivity index (χ4n) is 4.51.